The smallest absolute Gasteiger partial charge is 0.355 e. The first-order chi connectivity index (χ1) is 13.0. The monoisotopic (exact) mass is 397 g/mol. The van der Waals surface area contributed by atoms with Crippen LogP contribution < -0.4 is 10.2 Å². The number of aromatic nitrogens is 1. The van der Waals surface area contributed by atoms with Crippen molar-refractivity contribution in [2.75, 3.05) is 37.6 Å². The van der Waals surface area contributed by atoms with Gasteiger partial charge in [-0.25, -0.2) is 4.98 Å². The first-order valence-corrected chi connectivity index (χ1v) is 9.28. The first-order valence-electron chi connectivity index (χ1n) is 9.28. The quantitative estimate of drug-likeness (QED) is 0.827. The molecule has 6 nitrogen and oxygen atoms in total. The van der Waals surface area contributed by atoms with Crippen LogP contribution in [0.15, 0.2) is 18.3 Å². The normalized spacial score (nSPS) is 18.3. The molecule has 0 aliphatic carbocycles. The molecular formula is C19H26F3N5O. The lowest BCUT2D eigenvalue weighted by atomic mass is 9.90. The van der Waals surface area contributed by atoms with Crippen molar-refractivity contribution in [2.45, 2.75) is 38.9 Å². The average Bonchev–Trinajstić information content (AvgIpc) is 2.86. The van der Waals surface area contributed by atoms with E-state index >= 15 is 0 Å². The number of carbonyl (C=O) groups is 1. The van der Waals surface area contributed by atoms with Gasteiger partial charge in [0.1, 0.15) is 11.4 Å². The molecule has 1 unspecified atom stereocenters. The number of nitrogens with zero attached hydrogens (tertiary/aromatic N) is 4. The maximum Gasteiger partial charge on any atom is 0.417 e. The van der Waals surface area contributed by atoms with Crippen LogP contribution in [0.4, 0.5) is 19.0 Å². The molecule has 1 atom stereocenters. The zero-order valence-electron chi connectivity index (χ0n) is 16.4. The molecular weight excluding hydrogens is 371 g/mol. The van der Waals surface area contributed by atoms with Gasteiger partial charge in [0, 0.05) is 32.4 Å². The van der Waals surface area contributed by atoms with E-state index in [0.29, 0.717) is 32.0 Å². The fourth-order valence-electron chi connectivity index (χ4n) is 2.93. The molecule has 0 bridgehead atoms. The number of hydrogen-bond donors (Lipinski definition) is 1. The Bertz CT molecular complexity index is 714. The van der Waals surface area contributed by atoms with E-state index in [9.17, 15) is 23.2 Å². The van der Waals surface area contributed by atoms with Crippen LogP contribution in [0, 0.1) is 17.2 Å². The Morgan fingerprint density at radius 2 is 2.00 bits per heavy atom. The predicted molar refractivity (Wildman–Crippen MR) is 99.5 cm³/mol. The molecule has 28 heavy (non-hydrogen) atoms. The molecule has 1 aromatic rings. The molecule has 1 aliphatic heterocycles. The number of amides is 1. The van der Waals surface area contributed by atoms with Crippen LogP contribution in [0.25, 0.3) is 0 Å². The fourth-order valence-corrected chi connectivity index (χ4v) is 2.93. The predicted octanol–water partition coefficient (Wildman–Crippen LogP) is 2.67. The van der Waals surface area contributed by atoms with E-state index in [1.807, 2.05) is 23.6 Å². The number of nitrogens with one attached hydrogen (secondary N) is 1. The fraction of sp³-hybridized carbons (Fsp3) is 0.632. The lowest BCUT2D eigenvalue weighted by Crippen LogP contribution is -2.52. The van der Waals surface area contributed by atoms with Gasteiger partial charge in [-0.15, -0.1) is 0 Å². The lowest BCUT2D eigenvalue weighted by molar-refractivity contribution is -0.137. The van der Waals surface area contributed by atoms with E-state index in [1.165, 1.54) is 6.07 Å². The molecule has 0 spiro atoms. The van der Waals surface area contributed by atoms with Crippen LogP contribution in [-0.4, -0.2) is 54.1 Å². The lowest BCUT2D eigenvalue weighted by Gasteiger charge is -2.29. The molecule has 1 fully saturated rings. The van der Waals surface area contributed by atoms with Crippen molar-refractivity contribution in [3.05, 3.63) is 23.9 Å². The Balaban J connectivity index is 1.93. The molecule has 0 saturated carbocycles. The summed E-state index contributed by atoms with van der Waals surface area (Å²) in [6.45, 7) is 8.13. The van der Waals surface area contributed by atoms with Gasteiger partial charge in [0.25, 0.3) is 0 Å². The SMILES string of the molecule is CC(C)C(C)(C#N)NC(=O)CN1CCCN(c2ccc(C(F)(F)F)cn2)CC1. The second-order valence-corrected chi connectivity index (χ2v) is 7.54. The number of rotatable bonds is 5. The third-order valence-corrected chi connectivity index (χ3v) is 5.14. The van der Waals surface area contributed by atoms with Gasteiger partial charge in [-0.3, -0.25) is 9.69 Å². The highest BCUT2D eigenvalue weighted by Gasteiger charge is 2.32. The summed E-state index contributed by atoms with van der Waals surface area (Å²) in [4.78, 5) is 20.2. The second kappa shape index (κ2) is 8.78. The van der Waals surface area contributed by atoms with Gasteiger partial charge in [0.2, 0.25) is 5.91 Å². The highest BCUT2D eigenvalue weighted by Crippen LogP contribution is 2.29. The summed E-state index contributed by atoms with van der Waals surface area (Å²) < 4.78 is 38.0. The Kier molecular flexibility index (Phi) is 6.88. The second-order valence-electron chi connectivity index (χ2n) is 7.54. The molecule has 1 aliphatic rings. The van der Waals surface area contributed by atoms with Crippen molar-refractivity contribution in [1.29, 1.82) is 5.26 Å². The summed E-state index contributed by atoms with van der Waals surface area (Å²) in [5.74, 6) is 0.266. The summed E-state index contributed by atoms with van der Waals surface area (Å²) in [7, 11) is 0. The van der Waals surface area contributed by atoms with Gasteiger partial charge in [0.15, 0.2) is 0 Å². The highest BCUT2D eigenvalue weighted by molar-refractivity contribution is 5.79. The van der Waals surface area contributed by atoms with Crippen molar-refractivity contribution in [1.82, 2.24) is 15.2 Å². The molecule has 1 aromatic heterocycles. The number of halogens is 3. The van der Waals surface area contributed by atoms with Crippen LogP contribution in [-0.2, 0) is 11.0 Å². The Morgan fingerprint density at radius 3 is 2.54 bits per heavy atom. The molecule has 0 radical (unpaired) electrons. The first kappa shape index (κ1) is 22.0. The van der Waals surface area contributed by atoms with Crippen molar-refractivity contribution >= 4 is 11.7 Å². The average molecular weight is 397 g/mol. The van der Waals surface area contributed by atoms with Gasteiger partial charge in [-0.1, -0.05) is 13.8 Å². The summed E-state index contributed by atoms with van der Waals surface area (Å²) in [5.41, 5.74) is -1.69. The van der Waals surface area contributed by atoms with Crippen molar-refractivity contribution in [3.8, 4) is 6.07 Å². The zero-order chi connectivity index (χ0) is 20.9. The Hall–Kier alpha value is -2.34. The van der Waals surface area contributed by atoms with E-state index in [4.69, 9.17) is 0 Å². The van der Waals surface area contributed by atoms with Gasteiger partial charge >= 0.3 is 6.18 Å². The summed E-state index contributed by atoms with van der Waals surface area (Å²) in [6.07, 6.45) is -2.79. The third-order valence-electron chi connectivity index (χ3n) is 5.14. The highest BCUT2D eigenvalue weighted by atomic mass is 19.4. The van der Waals surface area contributed by atoms with E-state index in [0.717, 1.165) is 18.7 Å². The summed E-state index contributed by atoms with van der Waals surface area (Å²) >= 11 is 0. The van der Waals surface area contributed by atoms with Crippen molar-refractivity contribution < 1.29 is 18.0 Å². The Morgan fingerprint density at radius 1 is 1.29 bits per heavy atom. The molecule has 1 N–H and O–H groups in total. The number of pyridine rings is 1. The van der Waals surface area contributed by atoms with E-state index < -0.39 is 17.3 Å². The van der Waals surface area contributed by atoms with E-state index in [2.05, 4.69) is 16.4 Å². The largest absolute Gasteiger partial charge is 0.417 e. The summed E-state index contributed by atoms with van der Waals surface area (Å²) in [6, 6.07) is 4.57. The minimum atomic E-state index is -4.40. The zero-order valence-corrected chi connectivity index (χ0v) is 16.4. The van der Waals surface area contributed by atoms with Crippen LogP contribution in [0.1, 0.15) is 32.8 Å². The van der Waals surface area contributed by atoms with Crippen LogP contribution in [0.3, 0.4) is 0 Å². The summed E-state index contributed by atoms with van der Waals surface area (Å²) in [5, 5.41) is 12.1. The molecule has 1 saturated heterocycles. The third kappa shape index (κ3) is 5.58. The minimum absolute atomic E-state index is 0.0215. The van der Waals surface area contributed by atoms with Gasteiger partial charge in [-0.05, 0) is 31.4 Å². The number of alkyl halides is 3. The minimum Gasteiger partial charge on any atom is -0.355 e. The van der Waals surface area contributed by atoms with Gasteiger partial charge < -0.3 is 10.2 Å². The van der Waals surface area contributed by atoms with Gasteiger partial charge in [-0.2, -0.15) is 18.4 Å². The molecule has 2 rings (SSSR count). The maximum atomic E-state index is 12.7. The van der Waals surface area contributed by atoms with Crippen LogP contribution in [0.2, 0.25) is 0 Å². The Labute approximate surface area is 163 Å². The standard InChI is InChI=1S/C19H26F3N5O/c1-14(2)18(3,13-23)25-17(28)12-26-7-4-8-27(10-9-26)16-6-5-15(11-24-16)19(20,21)22/h5-6,11,14H,4,7-10,12H2,1-3H3,(H,25,28). The van der Waals surface area contributed by atoms with E-state index in [-0.39, 0.29) is 18.4 Å². The van der Waals surface area contributed by atoms with Gasteiger partial charge in [0.05, 0.1) is 18.2 Å². The van der Waals surface area contributed by atoms with Crippen LogP contribution >= 0.6 is 0 Å². The maximum absolute atomic E-state index is 12.7. The topological polar surface area (TPSA) is 72.3 Å². The van der Waals surface area contributed by atoms with E-state index in [1.54, 1.807) is 6.92 Å². The molecule has 0 aromatic carbocycles. The molecule has 2 heterocycles. The molecule has 154 valence electrons. The number of hydrogen-bond acceptors (Lipinski definition) is 5. The van der Waals surface area contributed by atoms with Crippen LogP contribution in [0.5, 0.6) is 0 Å². The molecule has 9 heteroatoms. The number of carbonyl (C=O) groups excluding carboxylic acids is 1. The number of anilines is 1. The molecule has 1 amide bonds. The van der Waals surface area contributed by atoms with Crippen molar-refractivity contribution in [2.24, 2.45) is 5.92 Å². The number of nitriles is 1. The van der Waals surface area contributed by atoms with Crippen molar-refractivity contribution in [3.63, 3.8) is 0 Å².